The number of benzene rings is 1. The van der Waals surface area contributed by atoms with Gasteiger partial charge in [0, 0.05) is 10.4 Å². The van der Waals surface area contributed by atoms with E-state index in [9.17, 15) is 14.4 Å². The lowest BCUT2D eigenvalue weighted by Crippen LogP contribution is -2.42. The quantitative estimate of drug-likeness (QED) is 0.600. The number of hydrogen-bond donors (Lipinski definition) is 3. The number of nitrogens with zero attached hydrogens (tertiary/aromatic N) is 1. The maximum atomic E-state index is 12.2. The zero-order chi connectivity index (χ0) is 19.6. The second-order valence-electron chi connectivity index (χ2n) is 6.21. The largest absolute Gasteiger partial charge is 0.309 e. The van der Waals surface area contributed by atoms with Gasteiger partial charge in [-0.3, -0.25) is 25.2 Å². The first-order valence-corrected chi connectivity index (χ1v) is 9.37. The molecule has 0 atom stereocenters. The Kier molecular flexibility index (Phi) is 5.36. The normalized spacial score (nSPS) is 10.8. The standard InChI is InChI=1S/C19H20N4O3S/c1-4-12-5-7-13(8-6-12)17(25)23-22-15(24)9-14-20-18(26)16-10(2)11(3)27-19(16)21-14/h5-8H,4,9H2,1-3H3,(H,22,24)(H,23,25)(H,20,21,26). The third-order valence-electron chi connectivity index (χ3n) is 4.36. The Morgan fingerprint density at radius 2 is 1.85 bits per heavy atom. The van der Waals surface area contributed by atoms with Crippen molar-refractivity contribution < 1.29 is 9.59 Å². The van der Waals surface area contributed by atoms with Gasteiger partial charge in [0.25, 0.3) is 11.5 Å². The molecule has 0 aliphatic rings. The lowest BCUT2D eigenvalue weighted by Gasteiger charge is -2.07. The number of nitrogens with one attached hydrogen (secondary N) is 3. The van der Waals surface area contributed by atoms with Crippen LogP contribution in [0.3, 0.4) is 0 Å². The van der Waals surface area contributed by atoms with Gasteiger partial charge in [0.1, 0.15) is 10.7 Å². The highest BCUT2D eigenvalue weighted by Gasteiger charge is 2.14. The lowest BCUT2D eigenvalue weighted by atomic mass is 10.1. The van der Waals surface area contributed by atoms with Gasteiger partial charge >= 0.3 is 0 Å². The molecule has 1 aromatic carbocycles. The molecule has 0 unspecified atom stereocenters. The molecule has 2 heterocycles. The number of H-pyrrole nitrogens is 1. The van der Waals surface area contributed by atoms with Gasteiger partial charge in [-0.15, -0.1) is 11.3 Å². The molecule has 0 bridgehead atoms. The molecule has 0 aliphatic heterocycles. The van der Waals surface area contributed by atoms with Gasteiger partial charge < -0.3 is 4.98 Å². The molecule has 3 N–H and O–H groups in total. The molecule has 140 valence electrons. The number of aromatic nitrogens is 2. The number of aryl methyl sites for hydroxylation is 3. The molecule has 2 aromatic heterocycles. The molecule has 3 aromatic rings. The van der Waals surface area contributed by atoms with Crippen molar-refractivity contribution >= 4 is 33.4 Å². The van der Waals surface area contributed by atoms with Crippen LogP contribution in [0.4, 0.5) is 0 Å². The summed E-state index contributed by atoms with van der Waals surface area (Å²) < 4.78 is 0. The van der Waals surface area contributed by atoms with E-state index in [4.69, 9.17) is 0 Å². The van der Waals surface area contributed by atoms with E-state index in [-0.39, 0.29) is 17.8 Å². The van der Waals surface area contributed by atoms with Crippen LogP contribution in [0.25, 0.3) is 10.2 Å². The van der Waals surface area contributed by atoms with Crippen LogP contribution in [0.1, 0.15) is 39.1 Å². The molecule has 3 rings (SSSR count). The van der Waals surface area contributed by atoms with Crippen molar-refractivity contribution in [3.63, 3.8) is 0 Å². The number of hydrazine groups is 1. The van der Waals surface area contributed by atoms with Gasteiger partial charge in [0.2, 0.25) is 5.91 Å². The molecule has 7 nitrogen and oxygen atoms in total. The van der Waals surface area contributed by atoms with Crippen LogP contribution in [-0.4, -0.2) is 21.8 Å². The zero-order valence-corrected chi connectivity index (χ0v) is 16.1. The first-order chi connectivity index (χ1) is 12.9. The summed E-state index contributed by atoms with van der Waals surface area (Å²) in [4.78, 5) is 45.0. The van der Waals surface area contributed by atoms with E-state index in [2.05, 4.69) is 20.8 Å². The Bertz CT molecular complexity index is 1070. The summed E-state index contributed by atoms with van der Waals surface area (Å²) >= 11 is 1.42. The monoisotopic (exact) mass is 384 g/mol. The number of carbonyl (C=O) groups excluding carboxylic acids is 2. The number of amides is 2. The van der Waals surface area contributed by atoms with E-state index in [0.717, 1.165) is 22.4 Å². The van der Waals surface area contributed by atoms with Gasteiger partial charge in [-0.1, -0.05) is 19.1 Å². The average molecular weight is 384 g/mol. The summed E-state index contributed by atoms with van der Waals surface area (Å²) in [7, 11) is 0. The molecule has 0 spiro atoms. The number of thiophene rings is 1. The Hall–Kier alpha value is -3.00. The molecule has 2 amide bonds. The highest BCUT2D eigenvalue weighted by molar-refractivity contribution is 7.18. The number of rotatable bonds is 4. The van der Waals surface area contributed by atoms with Crippen molar-refractivity contribution in [3.05, 3.63) is 62.0 Å². The van der Waals surface area contributed by atoms with Crippen molar-refractivity contribution in [3.8, 4) is 0 Å². The molecular formula is C19H20N4O3S. The van der Waals surface area contributed by atoms with Crippen molar-refractivity contribution in [1.82, 2.24) is 20.8 Å². The second-order valence-corrected chi connectivity index (χ2v) is 7.41. The Labute approximate surface area is 159 Å². The van der Waals surface area contributed by atoms with Gasteiger partial charge in [-0.2, -0.15) is 0 Å². The summed E-state index contributed by atoms with van der Waals surface area (Å²) in [5.41, 5.74) is 6.93. The highest BCUT2D eigenvalue weighted by Crippen LogP contribution is 2.25. The van der Waals surface area contributed by atoms with Gasteiger partial charge in [-0.25, -0.2) is 4.98 Å². The Morgan fingerprint density at radius 1 is 1.15 bits per heavy atom. The maximum absolute atomic E-state index is 12.2. The minimum atomic E-state index is -0.471. The van der Waals surface area contributed by atoms with E-state index in [1.165, 1.54) is 11.3 Å². The minimum absolute atomic E-state index is 0.143. The fraction of sp³-hybridized carbons (Fsp3) is 0.263. The van der Waals surface area contributed by atoms with Crippen LogP contribution in [0.2, 0.25) is 0 Å². The van der Waals surface area contributed by atoms with Crippen molar-refractivity contribution in [2.75, 3.05) is 0 Å². The van der Waals surface area contributed by atoms with Crippen LogP contribution in [0.5, 0.6) is 0 Å². The fourth-order valence-electron chi connectivity index (χ4n) is 2.67. The number of carbonyl (C=O) groups is 2. The topological polar surface area (TPSA) is 104 Å². The zero-order valence-electron chi connectivity index (χ0n) is 15.3. The summed E-state index contributed by atoms with van der Waals surface area (Å²) in [6.07, 6.45) is 0.744. The molecule has 0 aliphatic carbocycles. The Morgan fingerprint density at radius 3 is 2.52 bits per heavy atom. The SMILES string of the molecule is CCc1ccc(C(=O)NNC(=O)Cc2nc3sc(C)c(C)c3c(=O)[nH]2)cc1. The van der Waals surface area contributed by atoms with E-state index in [1.54, 1.807) is 12.1 Å². The van der Waals surface area contributed by atoms with E-state index in [1.807, 2.05) is 32.9 Å². The van der Waals surface area contributed by atoms with Crippen molar-refractivity contribution in [1.29, 1.82) is 0 Å². The summed E-state index contributed by atoms with van der Waals surface area (Å²) in [5, 5.41) is 0.561. The lowest BCUT2D eigenvalue weighted by molar-refractivity contribution is -0.121. The smallest absolute Gasteiger partial charge is 0.269 e. The second kappa shape index (κ2) is 7.71. The third-order valence-corrected chi connectivity index (χ3v) is 5.46. The van der Waals surface area contributed by atoms with E-state index >= 15 is 0 Å². The molecule has 0 saturated heterocycles. The van der Waals surface area contributed by atoms with Crippen LogP contribution in [0, 0.1) is 13.8 Å². The minimum Gasteiger partial charge on any atom is -0.309 e. The molecule has 0 fully saturated rings. The van der Waals surface area contributed by atoms with Gasteiger partial charge in [0.15, 0.2) is 0 Å². The molecule has 0 saturated carbocycles. The average Bonchev–Trinajstić information content (AvgIpc) is 2.94. The van der Waals surface area contributed by atoms with E-state index in [0.29, 0.717) is 15.8 Å². The fourth-order valence-corrected chi connectivity index (χ4v) is 3.72. The highest BCUT2D eigenvalue weighted by atomic mass is 32.1. The van der Waals surface area contributed by atoms with Crippen molar-refractivity contribution in [2.45, 2.75) is 33.6 Å². The maximum Gasteiger partial charge on any atom is 0.269 e. The predicted octanol–water partition coefficient (Wildman–Crippen LogP) is 2.17. The summed E-state index contributed by atoms with van der Waals surface area (Å²) in [5.74, 6) is -0.624. The predicted molar refractivity (Wildman–Crippen MR) is 105 cm³/mol. The van der Waals surface area contributed by atoms with Crippen molar-refractivity contribution in [2.24, 2.45) is 0 Å². The van der Waals surface area contributed by atoms with Gasteiger partial charge in [0.05, 0.1) is 11.8 Å². The number of aromatic amines is 1. The Balaban J connectivity index is 1.64. The number of fused-ring (bicyclic) bond motifs is 1. The molecule has 8 heteroatoms. The summed E-state index contributed by atoms with van der Waals surface area (Å²) in [6.45, 7) is 5.83. The van der Waals surface area contributed by atoms with Crippen LogP contribution >= 0.6 is 11.3 Å². The van der Waals surface area contributed by atoms with Crippen LogP contribution in [-0.2, 0) is 17.6 Å². The molecular weight excluding hydrogens is 364 g/mol. The first kappa shape index (κ1) is 18.8. The number of hydrogen-bond acceptors (Lipinski definition) is 5. The third kappa shape index (κ3) is 4.06. The molecule has 27 heavy (non-hydrogen) atoms. The molecule has 0 radical (unpaired) electrons. The summed E-state index contributed by atoms with van der Waals surface area (Å²) in [6, 6.07) is 7.14. The first-order valence-electron chi connectivity index (χ1n) is 8.56. The van der Waals surface area contributed by atoms with Gasteiger partial charge in [-0.05, 0) is 43.5 Å². The van der Waals surface area contributed by atoms with Crippen LogP contribution in [0.15, 0.2) is 29.1 Å². The van der Waals surface area contributed by atoms with Crippen LogP contribution < -0.4 is 16.4 Å². The van der Waals surface area contributed by atoms with E-state index < -0.39 is 11.8 Å².